The largest absolute Gasteiger partial charge is 0.348 e. The number of hydrogen-bond acceptors (Lipinski definition) is 2. The van der Waals surface area contributed by atoms with E-state index in [1.807, 2.05) is 52.0 Å². The van der Waals surface area contributed by atoms with Crippen LogP contribution >= 0.6 is 15.9 Å². The van der Waals surface area contributed by atoms with Crippen LogP contribution < -0.4 is 10.6 Å². The van der Waals surface area contributed by atoms with Gasteiger partial charge in [0.25, 0.3) is 0 Å². The summed E-state index contributed by atoms with van der Waals surface area (Å²) in [7, 11) is 0. The van der Waals surface area contributed by atoms with Gasteiger partial charge >= 0.3 is 0 Å². The highest BCUT2D eigenvalue weighted by Gasteiger charge is 2.13. The molecule has 1 aromatic rings. The Balaban J connectivity index is 2.47. The van der Waals surface area contributed by atoms with E-state index in [4.69, 9.17) is 0 Å². The van der Waals surface area contributed by atoms with E-state index in [9.17, 15) is 4.79 Å². The Hall–Kier alpha value is -0.870. The number of hydrogen-bond donors (Lipinski definition) is 2. The fourth-order valence-corrected chi connectivity index (χ4v) is 1.74. The first kappa shape index (κ1) is 15.2. The highest BCUT2D eigenvalue weighted by molar-refractivity contribution is 9.10. The maximum absolute atomic E-state index is 11.8. The minimum Gasteiger partial charge on any atom is -0.348 e. The van der Waals surface area contributed by atoms with Gasteiger partial charge in [0, 0.05) is 10.0 Å². The van der Waals surface area contributed by atoms with Crippen molar-refractivity contribution in [2.24, 2.45) is 0 Å². The Labute approximate surface area is 117 Å². The molecule has 1 rings (SSSR count). The number of carbonyl (C=O) groups is 1. The Morgan fingerprint density at radius 2 is 1.83 bits per heavy atom. The van der Waals surface area contributed by atoms with Crippen LogP contribution in [-0.2, 0) is 4.79 Å². The predicted octanol–water partition coefficient (Wildman–Crippen LogP) is 3.01. The maximum Gasteiger partial charge on any atom is 0.234 e. The molecular formula is C14H21BrN2O. The summed E-state index contributed by atoms with van der Waals surface area (Å²) in [6.45, 7) is 8.44. The van der Waals surface area contributed by atoms with Gasteiger partial charge in [0.05, 0.1) is 12.6 Å². The van der Waals surface area contributed by atoms with Crippen molar-refractivity contribution in [3.05, 3.63) is 34.3 Å². The summed E-state index contributed by atoms with van der Waals surface area (Å²) in [5.41, 5.74) is 1.06. The first-order chi connectivity index (χ1) is 8.28. The molecule has 0 fully saturated rings. The molecule has 4 heteroatoms. The first-order valence-electron chi connectivity index (χ1n) is 6.08. The van der Waals surface area contributed by atoms with Crippen LogP contribution in [0.2, 0.25) is 0 Å². The van der Waals surface area contributed by atoms with Crippen molar-refractivity contribution in [3.63, 3.8) is 0 Å². The molecule has 0 aliphatic rings. The lowest BCUT2D eigenvalue weighted by molar-refractivity contribution is -0.121. The third-order valence-corrected chi connectivity index (χ3v) is 3.06. The van der Waals surface area contributed by atoms with Gasteiger partial charge in [-0.15, -0.1) is 0 Å². The monoisotopic (exact) mass is 312 g/mol. The van der Waals surface area contributed by atoms with Crippen LogP contribution in [0.5, 0.6) is 0 Å². The second kappa shape index (κ2) is 6.34. The normalized spacial score (nSPS) is 13.2. The number of halogens is 1. The Morgan fingerprint density at radius 1 is 1.28 bits per heavy atom. The van der Waals surface area contributed by atoms with Gasteiger partial charge in [-0.05, 0) is 45.4 Å². The highest BCUT2D eigenvalue weighted by atomic mass is 79.9. The smallest absolute Gasteiger partial charge is 0.234 e. The fourth-order valence-electron chi connectivity index (χ4n) is 1.47. The van der Waals surface area contributed by atoms with E-state index in [1.165, 1.54) is 0 Å². The molecule has 1 atom stereocenters. The average molecular weight is 313 g/mol. The second-order valence-electron chi connectivity index (χ2n) is 5.44. The van der Waals surface area contributed by atoms with Crippen LogP contribution in [0.25, 0.3) is 0 Å². The molecule has 0 aromatic heterocycles. The Morgan fingerprint density at radius 3 is 2.33 bits per heavy atom. The summed E-state index contributed by atoms with van der Waals surface area (Å²) < 4.78 is 1.04. The van der Waals surface area contributed by atoms with Crippen LogP contribution in [0, 0.1) is 0 Å². The van der Waals surface area contributed by atoms with Gasteiger partial charge in [0.15, 0.2) is 0 Å². The standard InChI is InChI=1S/C14H21BrN2O/c1-10(11-5-7-12(15)8-6-11)17-13(18)9-16-14(2,3)4/h5-8,10,16H,9H2,1-4H3,(H,17,18)/t10-/m0/s1. The molecule has 0 spiro atoms. The molecule has 1 aromatic carbocycles. The molecule has 18 heavy (non-hydrogen) atoms. The average Bonchev–Trinajstić information content (AvgIpc) is 2.26. The van der Waals surface area contributed by atoms with Gasteiger partial charge in [0.1, 0.15) is 0 Å². The van der Waals surface area contributed by atoms with Gasteiger partial charge < -0.3 is 10.6 Å². The van der Waals surface area contributed by atoms with Gasteiger partial charge in [-0.25, -0.2) is 0 Å². The topological polar surface area (TPSA) is 41.1 Å². The molecule has 0 saturated heterocycles. The second-order valence-corrected chi connectivity index (χ2v) is 6.36. The van der Waals surface area contributed by atoms with Crippen molar-refractivity contribution >= 4 is 21.8 Å². The summed E-state index contributed by atoms with van der Waals surface area (Å²) in [5, 5.41) is 6.14. The van der Waals surface area contributed by atoms with E-state index in [1.54, 1.807) is 0 Å². The quantitative estimate of drug-likeness (QED) is 0.897. The summed E-state index contributed by atoms with van der Waals surface area (Å²) in [4.78, 5) is 11.8. The minimum absolute atomic E-state index is 0.0142. The summed E-state index contributed by atoms with van der Waals surface area (Å²) in [6.07, 6.45) is 0. The number of nitrogens with one attached hydrogen (secondary N) is 2. The third-order valence-electron chi connectivity index (χ3n) is 2.53. The highest BCUT2D eigenvalue weighted by Crippen LogP contribution is 2.16. The lowest BCUT2D eigenvalue weighted by Crippen LogP contribution is -2.43. The SMILES string of the molecule is C[C@H](NC(=O)CNC(C)(C)C)c1ccc(Br)cc1. The van der Waals surface area contributed by atoms with Crippen molar-refractivity contribution in [2.75, 3.05) is 6.54 Å². The molecule has 0 radical (unpaired) electrons. The van der Waals surface area contributed by atoms with Crippen LogP contribution in [0.1, 0.15) is 39.3 Å². The van der Waals surface area contributed by atoms with Gasteiger partial charge in [0.2, 0.25) is 5.91 Å². The predicted molar refractivity (Wildman–Crippen MR) is 78.5 cm³/mol. The number of benzene rings is 1. The zero-order valence-corrected chi connectivity index (χ0v) is 13.0. The third kappa shape index (κ3) is 5.65. The van der Waals surface area contributed by atoms with E-state index in [0.29, 0.717) is 6.54 Å². The molecule has 2 N–H and O–H groups in total. The number of carbonyl (C=O) groups excluding carboxylic acids is 1. The summed E-state index contributed by atoms with van der Waals surface area (Å²) in [6, 6.07) is 7.99. The van der Waals surface area contributed by atoms with E-state index < -0.39 is 0 Å². The summed E-state index contributed by atoms with van der Waals surface area (Å²) >= 11 is 3.39. The van der Waals surface area contributed by atoms with Gasteiger partial charge in [-0.1, -0.05) is 28.1 Å². The zero-order valence-electron chi connectivity index (χ0n) is 11.4. The van der Waals surface area contributed by atoms with E-state index in [2.05, 4.69) is 26.6 Å². The van der Waals surface area contributed by atoms with Crippen LogP contribution in [-0.4, -0.2) is 18.0 Å². The van der Waals surface area contributed by atoms with Crippen LogP contribution in [0.15, 0.2) is 28.7 Å². The van der Waals surface area contributed by atoms with Gasteiger partial charge in [-0.3, -0.25) is 4.79 Å². The molecular weight excluding hydrogens is 292 g/mol. The van der Waals surface area contributed by atoms with Crippen LogP contribution in [0.3, 0.4) is 0 Å². The van der Waals surface area contributed by atoms with Crippen molar-refractivity contribution < 1.29 is 4.79 Å². The zero-order chi connectivity index (χ0) is 13.8. The Kier molecular flexibility index (Phi) is 5.35. The Bertz CT molecular complexity index is 395. The molecule has 1 amide bonds. The van der Waals surface area contributed by atoms with E-state index in [-0.39, 0.29) is 17.5 Å². The molecule has 100 valence electrons. The molecule has 0 aliphatic heterocycles. The molecule has 0 unspecified atom stereocenters. The van der Waals surface area contributed by atoms with Crippen molar-refractivity contribution in [1.29, 1.82) is 0 Å². The van der Waals surface area contributed by atoms with Crippen molar-refractivity contribution in [1.82, 2.24) is 10.6 Å². The minimum atomic E-state index is -0.0435. The molecule has 0 bridgehead atoms. The molecule has 0 aliphatic carbocycles. The summed E-state index contributed by atoms with van der Waals surface area (Å²) in [5.74, 6) is 0.0142. The van der Waals surface area contributed by atoms with Gasteiger partial charge in [-0.2, -0.15) is 0 Å². The molecule has 0 saturated carbocycles. The number of amides is 1. The lowest BCUT2D eigenvalue weighted by atomic mass is 10.1. The fraction of sp³-hybridized carbons (Fsp3) is 0.500. The molecule has 3 nitrogen and oxygen atoms in total. The van der Waals surface area contributed by atoms with E-state index in [0.717, 1.165) is 10.0 Å². The maximum atomic E-state index is 11.8. The number of rotatable bonds is 4. The van der Waals surface area contributed by atoms with Crippen molar-refractivity contribution in [2.45, 2.75) is 39.3 Å². The molecule has 0 heterocycles. The first-order valence-corrected chi connectivity index (χ1v) is 6.87. The van der Waals surface area contributed by atoms with Crippen molar-refractivity contribution in [3.8, 4) is 0 Å². The van der Waals surface area contributed by atoms with Crippen LogP contribution in [0.4, 0.5) is 0 Å². The lowest BCUT2D eigenvalue weighted by Gasteiger charge is -2.21. The van der Waals surface area contributed by atoms with E-state index >= 15 is 0 Å².